The molecule has 0 unspecified atom stereocenters. The molecule has 2 aromatic heterocycles. The minimum absolute atomic E-state index is 0.0394. The van der Waals surface area contributed by atoms with Gasteiger partial charge in [0.2, 0.25) is 5.91 Å². The SMILES string of the molecule is O=C(C1CCCCC1)N1CCC[C@H]1c1cc2nc3c(c(=O)n2[nH]1)CN(C1CCCC1)CC3. The average molecular weight is 438 g/mol. The van der Waals surface area contributed by atoms with E-state index in [2.05, 4.69) is 14.9 Å². The molecule has 2 aliphatic heterocycles. The fraction of sp³-hybridized carbons (Fsp3) is 0.720. The summed E-state index contributed by atoms with van der Waals surface area (Å²) in [7, 11) is 0. The lowest BCUT2D eigenvalue weighted by atomic mass is 9.88. The number of rotatable bonds is 3. The fourth-order valence-corrected chi connectivity index (χ4v) is 6.71. The molecule has 2 saturated carbocycles. The molecule has 7 nitrogen and oxygen atoms in total. The molecule has 0 radical (unpaired) electrons. The summed E-state index contributed by atoms with van der Waals surface area (Å²) in [6.07, 6.45) is 13.6. The normalized spacial score (nSPS) is 25.6. The summed E-state index contributed by atoms with van der Waals surface area (Å²) in [5.74, 6) is 0.501. The molecule has 0 spiro atoms. The van der Waals surface area contributed by atoms with Crippen LogP contribution in [0.3, 0.4) is 0 Å². The van der Waals surface area contributed by atoms with Crippen molar-refractivity contribution in [2.24, 2.45) is 5.92 Å². The van der Waals surface area contributed by atoms with E-state index in [1.165, 1.54) is 44.9 Å². The van der Waals surface area contributed by atoms with Crippen LogP contribution in [0.5, 0.6) is 0 Å². The van der Waals surface area contributed by atoms with E-state index in [1.807, 2.05) is 6.07 Å². The monoisotopic (exact) mass is 437 g/mol. The summed E-state index contributed by atoms with van der Waals surface area (Å²) in [4.78, 5) is 36.1. The van der Waals surface area contributed by atoms with E-state index < -0.39 is 0 Å². The van der Waals surface area contributed by atoms with Crippen LogP contribution in [0.25, 0.3) is 5.65 Å². The molecular weight excluding hydrogens is 402 g/mol. The standard InChI is InChI=1S/C25H35N5O2/c31-24(17-7-2-1-3-8-17)29-13-6-11-22(29)21-15-23-26-20-12-14-28(18-9-4-5-10-18)16-19(20)25(32)30(23)27-21/h15,17-18,22,27H,1-14,16H2/t22-/m0/s1. The number of nitrogens with one attached hydrogen (secondary N) is 1. The first-order valence-corrected chi connectivity index (χ1v) is 12.9. The van der Waals surface area contributed by atoms with Crippen molar-refractivity contribution in [3.63, 3.8) is 0 Å². The van der Waals surface area contributed by atoms with Gasteiger partial charge in [-0.05, 0) is 38.5 Å². The van der Waals surface area contributed by atoms with Crippen LogP contribution in [0.15, 0.2) is 10.9 Å². The largest absolute Gasteiger partial charge is 0.334 e. The quantitative estimate of drug-likeness (QED) is 0.797. The Labute approximate surface area is 189 Å². The van der Waals surface area contributed by atoms with E-state index in [0.29, 0.717) is 17.6 Å². The van der Waals surface area contributed by atoms with Gasteiger partial charge < -0.3 is 4.90 Å². The van der Waals surface area contributed by atoms with Gasteiger partial charge in [0.15, 0.2) is 5.65 Å². The van der Waals surface area contributed by atoms with Crippen LogP contribution in [0.4, 0.5) is 0 Å². The fourth-order valence-electron chi connectivity index (χ4n) is 6.71. The molecule has 2 aromatic rings. The number of hydrogen-bond acceptors (Lipinski definition) is 4. The highest BCUT2D eigenvalue weighted by Crippen LogP contribution is 2.35. The van der Waals surface area contributed by atoms with E-state index in [9.17, 15) is 9.59 Å². The Balaban J connectivity index is 1.28. The molecule has 4 aliphatic rings. The van der Waals surface area contributed by atoms with Gasteiger partial charge in [-0.15, -0.1) is 0 Å². The lowest BCUT2D eigenvalue weighted by Crippen LogP contribution is -2.41. The van der Waals surface area contributed by atoms with Crippen LogP contribution >= 0.6 is 0 Å². The summed E-state index contributed by atoms with van der Waals surface area (Å²) < 4.78 is 1.63. The number of aromatic nitrogens is 3. The number of hydrogen-bond donors (Lipinski definition) is 1. The first-order chi connectivity index (χ1) is 15.7. The van der Waals surface area contributed by atoms with Gasteiger partial charge in [0, 0.05) is 44.1 Å². The van der Waals surface area contributed by atoms with E-state index in [1.54, 1.807) is 4.52 Å². The van der Waals surface area contributed by atoms with Crippen LogP contribution in [0, 0.1) is 5.92 Å². The number of fused-ring (bicyclic) bond motifs is 2. The van der Waals surface area contributed by atoms with Gasteiger partial charge in [-0.1, -0.05) is 32.1 Å². The maximum Gasteiger partial charge on any atom is 0.277 e. The van der Waals surface area contributed by atoms with E-state index in [-0.39, 0.29) is 17.5 Å². The van der Waals surface area contributed by atoms with Crippen molar-refractivity contribution in [1.82, 2.24) is 24.4 Å². The van der Waals surface area contributed by atoms with Gasteiger partial charge in [0.25, 0.3) is 5.56 Å². The molecule has 1 amide bonds. The molecule has 4 heterocycles. The molecule has 32 heavy (non-hydrogen) atoms. The summed E-state index contributed by atoms with van der Waals surface area (Å²) in [5.41, 5.74) is 3.54. The summed E-state index contributed by atoms with van der Waals surface area (Å²) >= 11 is 0. The van der Waals surface area contributed by atoms with Crippen molar-refractivity contribution >= 4 is 11.6 Å². The lowest BCUT2D eigenvalue weighted by Gasteiger charge is -2.32. The Hall–Kier alpha value is -2.15. The first-order valence-electron chi connectivity index (χ1n) is 12.9. The maximum absolute atomic E-state index is 13.4. The van der Waals surface area contributed by atoms with Crippen molar-refractivity contribution < 1.29 is 4.79 Å². The topological polar surface area (TPSA) is 73.7 Å². The van der Waals surface area contributed by atoms with Gasteiger partial charge in [0.1, 0.15) is 0 Å². The van der Waals surface area contributed by atoms with Crippen molar-refractivity contribution in [3.8, 4) is 0 Å². The van der Waals surface area contributed by atoms with E-state index in [4.69, 9.17) is 4.98 Å². The second-order valence-electron chi connectivity index (χ2n) is 10.4. The second kappa shape index (κ2) is 8.32. The molecule has 0 bridgehead atoms. The van der Waals surface area contributed by atoms with Crippen molar-refractivity contribution in [3.05, 3.63) is 33.4 Å². The zero-order valence-corrected chi connectivity index (χ0v) is 19.0. The van der Waals surface area contributed by atoms with Gasteiger partial charge in [-0.25, -0.2) is 9.50 Å². The number of likely N-dealkylation sites (tertiary alicyclic amines) is 1. The predicted octanol–water partition coefficient (Wildman–Crippen LogP) is 3.57. The summed E-state index contributed by atoms with van der Waals surface area (Å²) in [5, 5.41) is 3.36. The van der Waals surface area contributed by atoms with Crippen LogP contribution < -0.4 is 5.56 Å². The maximum atomic E-state index is 13.4. The highest BCUT2D eigenvalue weighted by atomic mass is 16.2. The van der Waals surface area contributed by atoms with Gasteiger partial charge in [0.05, 0.1) is 23.0 Å². The van der Waals surface area contributed by atoms with Crippen molar-refractivity contribution in [2.45, 2.75) is 95.7 Å². The Morgan fingerprint density at radius 2 is 1.75 bits per heavy atom. The van der Waals surface area contributed by atoms with Gasteiger partial charge >= 0.3 is 0 Å². The van der Waals surface area contributed by atoms with Crippen LogP contribution in [-0.4, -0.2) is 49.4 Å². The number of carbonyl (C=O) groups is 1. The Morgan fingerprint density at radius 1 is 0.969 bits per heavy atom. The zero-order chi connectivity index (χ0) is 21.7. The van der Waals surface area contributed by atoms with Gasteiger partial charge in [-0.2, -0.15) is 0 Å². The molecule has 1 saturated heterocycles. The highest BCUT2D eigenvalue weighted by molar-refractivity contribution is 5.79. The summed E-state index contributed by atoms with van der Waals surface area (Å²) in [6, 6.07) is 2.68. The number of amides is 1. The van der Waals surface area contributed by atoms with Gasteiger partial charge in [-0.3, -0.25) is 19.6 Å². The third-order valence-electron chi connectivity index (χ3n) is 8.50. The first kappa shape index (κ1) is 20.5. The molecule has 2 aliphatic carbocycles. The molecule has 7 heteroatoms. The predicted molar refractivity (Wildman–Crippen MR) is 122 cm³/mol. The molecular formula is C25H35N5O2. The highest BCUT2D eigenvalue weighted by Gasteiger charge is 2.36. The second-order valence-corrected chi connectivity index (χ2v) is 10.4. The van der Waals surface area contributed by atoms with Crippen molar-refractivity contribution in [2.75, 3.05) is 13.1 Å². The van der Waals surface area contributed by atoms with Crippen molar-refractivity contribution in [1.29, 1.82) is 0 Å². The Bertz CT molecular complexity index is 1060. The molecule has 172 valence electrons. The minimum Gasteiger partial charge on any atom is -0.334 e. The Kier molecular flexibility index (Phi) is 5.32. The number of nitrogens with zero attached hydrogens (tertiary/aromatic N) is 4. The van der Waals surface area contributed by atoms with Crippen LogP contribution in [-0.2, 0) is 17.8 Å². The number of aromatic amines is 1. The van der Waals surface area contributed by atoms with E-state index >= 15 is 0 Å². The third-order valence-corrected chi connectivity index (χ3v) is 8.50. The average Bonchev–Trinajstić information content (AvgIpc) is 3.59. The molecule has 1 N–H and O–H groups in total. The van der Waals surface area contributed by atoms with Crippen LogP contribution in [0.2, 0.25) is 0 Å². The number of H-pyrrole nitrogens is 1. The smallest absolute Gasteiger partial charge is 0.277 e. The molecule has 1 atom stereocenters. The lowest BCUT2D eigenvalue weighted by molar-refractivity contribution is -0.137. The Morgan fingerprint density at radius 3 is 2.56 bits per heavy atom. The number of carbonyl (C=O) groups excluding carboxylic acids is 1. The zero-order valence-electron chi connectivity index (χ0n) is 19.0. The summed E-state index contributed by atoms with van der Waals surface area (Å²) in [6.45, 7) is 2.55. The van der Waals surface area contributed by atoms with E-state index in [0.717, 1.165) is 68.7 Å². The molecule has 6 rings (SSSR count). The van der Waals surface area contributed by atoms with Crippen LogP contribution in [0.1, 0.15) is 93.6 Å². The minimum atomic E-state index is 0.0394. The molecule has 0 aromatic carbocycles. The molecule has 3 fully saturated rings. The third kappa shape index (κ3) is 3.49.